The summed E-state index contributed by atoms with van der Waals surface area (Å²) in [5.74, 6) is -1.07. The molecule has 11 heteroatoms. The molecule has 1 aromatic heterocycles. The SMILES string of the molecule is NCc1cccc(S(=O)(=O)N2C[C@@H](C(=O)N3CCS(=O)(=O)CC3)C[C@@H](c3ccccc3)C2)n1. The van der Waals surface area contributed by atoms with Crippen LogP contribution in [0.25, 0.3) is 0 Å². The van der Waals surface area contributed by atoms with Crippen molar-refractivity contribution in [3.05, 3.63) is 59.8 Å². The fourth-order valence-electron chi connectivity index (χ4n) is 4.44. The van der Waals surface area contributed by atoms with Gasteiger partial charge in [0, 0.05) is 32.7 Å². The van der Waals surface area contributed by atoms with Crippen molar-refractivity contribution >= 4 is 25.8 Å². The molecule has 2 atom stereocenters. The molecule has 4 rings (SSSR count). The van der Waals surface area contributed by atoms with Gasteiger partial charge in [-0.3, -0.25) is 4.79 Å². The molecule has 0 spiro atoms. The Kier molecular flexibility index (Phi) is 6.85. The lowest BCUT2D eigenvalue weighted by Gasteiger charge is -2.39. The Balaban J connectivity index is 1.63. The lowest BCUT2D eigenvalue weighted by atomic mass is 9.85. The Morgan fingerprint density at radius 3 is 2.39 bits per heavy atom. The molecule has 3 heterocycles. The summed E-state index contributed by atoms with van der Waals surface area (Å²) in [7, 11) is -7.08. The van der Waals surface area contributed by atoms with Crippen LogP contribution in [0.4, 0.5) is 0 Å². The minimum Gasteiger partial charge on any atom is -0.340 e. The highest BCUT2D eigenvalue weighted by molar-refractivity contribution is 7.91. The number of aromatic nitrogens is 1. The van der Waals surface area contributed by atoms with E-state index in [4.69, 9.17) is 5.73 Å². The van der Waals surface area contributed by atoms with Crippen molar-refractivity contribution in [1.29, 1.82) is 0 Å². The molecular formula is C22H28N4O5S2. The largest absolute Gasteiger partial charge is 0.340 e. The zero-order valence-corrected chi connectivity index (χ0v) is 19.8. The summed E-state index contributed by atoms with van der Waals surface area (Å²) in [6.45, 7) is 0.664. The maximum Gasteiger partial charge on any atom is 0.260 e. The fraction of sp³-hybridized carbons (Fsp3) is 0.455. The summed E-state index contributed by atoms with van der Waals surface area (Å²) in [6.07, 6.45) is 0.494. The van der Waals surface area contributed by atoms with E-state index in [-0.39, 0.29) is 61.1 Å². The van der Waals surface area contributed by atoms with Crippen LogP contribution in [0, 0.1) is 5.92 Å². The maximum absolute atomic E-state index is 13.5. The molecule has 9 nitrogen and oxygen atoms in total. The molecule has 2 aliphatic rings. The second-order valence-corrected chi connectivity index (χ2v) is 12.7. The molecule has 33 heavy (non-hydrogen) atoms. The summed E-state index contributed by atoms with van der Waals surface area (Å²) < 4.78 is 51.9. The Labute approximate surface area is 194 Å². The van der Waals surface area contributed by atoms with Gasteiger partial charge in [-0.1, -0.05) is 36.4 Å². The Morgan fingerprint density at radius 1 is 1.03 bits per heavy atom. The lowest BCUT2D eigenvalue weighted by molar-refractivity contribution is -0.136. The van der Waals surface area contributed by atoms with Crippen molar-refractivity contribution in [1.82, 2.24) is 14.2 Å². The van der Waals surface area contributed by atoms with Gasteiger partial charge < -0.3 is 10.6 Å². The Bertz CT molecular complexity index is 1200. The molecule has 2 aliphatic heterocycles. The first-order valence-corrected chi connectivity index (χ1v) is 14.2. The van der Waals surface area contributed by atoms with E-state index in [0.29, 0.717) is 12.1 Å². The van der Waals surface area contributed by atoms with Crippen LogP contribution in [0.3, 0.4) is 0 Å². The van der Waals surface area contributed by atoms with E-state index in [1.807, 2.05) is 30.3 Å². The number of pyridine rings is 1. The number of hydrogen-bond donors (Lipinski definition) is 1. The topological polar surface area (TPSA) is 131 Å². The van der Waals surface area contributed by atoms with Gasteiger partial charge in [0.25, 0.3) is 10.0 Å². The molecule has 0 aliphatic carbocycles. The van der Waals surface area contributed by atoms with Gasteiger partial charge in [-0.25, -0.2) is 21.8 Å². The monoisotopic (exact) mass is 492 g/mol. The number of hydrogen-bond acceptors (Lipinski definition) is 7. The number of rotatable bonds is 5. The van der Waals surface area contributed by atoms with Crippen molar-refractivity contribution < 1.29 is 21.6 Å². The first-order valence-electron chi connectivity index (χ1n) is 10.9. The number of benzene rings is 1. The van der Waals surface area contributed by atoms with Crippen molar-refractivity contribution in [2.75, 3.05) is 37.7 Å². The Morgan fingerprint density at radius 2 is 1.73 bits per heavy atom. The molecule has 2 fully saturated rings. The van der Waals surface area contributed by atoms with Gasteiger partial charge in [0.2, 0.25) is 5.91 Å². The fourth-order valence-corrected chi connectivity index (χ4v) is 7.14. The number of nitrogens with two attached hydrogens (primary N) is 1. The van der Waals surface area contributed by atoms with Crippen LogP contribution in [-0.2, 0) is 31.2 Å². The summed E-state index contributed by atoms with van der Waals surface area (Å²) in [5.41, 5.74) is 7.06. The predicted molar refractivity (Wildman–Crippen MR) is 123 cm³/mol. The molecule has 1 aromatic carbocycles. The normalized spacial score (nSPS) is 23.8. The second-order valence-electron chi connectivity index (χ2n) is 8.51. The summed E-state index contributed by atoms with van der Waals surface area (Å²) in [6, 6.07) is 14.2. The summed E-state index contributed by atoms with van der Waals surface area (Å²) in [5, 5.41) is -0.0885. The molecule has 0 saturated carbocycles. The smallest absolute Gasteiger partial charge is 0.260 e. The molecule has 178 valence electrons. The third-order valence-electron chi connectivity index (χ3n) is 6.29. The van der Waals surface area contributed by atoms with Gasteiger partial charge in [0.15, 0.2) is 14.9 Å². The van der Waals surface area contributed by atoms with Crippen molar-refractivity contribution in [2.45, 2.75) is 23.9 Å². The van der Waals surface area contributed by atoms with Crippen molar-refractivity contribution in [3.63, 3.8) is 0 Å². The third-order valence-corrected chi connectivity index (χ3v) is 9.63. The number of sulfone groups is 1. The van der Waals surface area contributed by atoms with Crippen LogP contribution in [0.1, 0.15) is 23.6 Å². The molecule has 1 amide bonds. The van der Waals surface area contributed by atoms with E-state index in [1.165, 1.54) is 10.4 Å². The molecule has 0 radical (unpaired) electrons. The van der Waals surface area contributed by atoms with E-state index in [2.05, 4.69) is 4.98 Å². The van der Waals surface area contributed by atoms with Crippen molar-refractivity contribution in [2.24, 2.45) is 11.7 Å². The van der Waals surface area contributed by atoms with E-state index in [1.54, 1.807) is 17.0 Å². The number of sulfonamides is 1. The van der Waals surface area contributed by atoms with Crippen LogP contribution in [0.5, 0.6) is 0 Å². The first-order chi connectivity index (χ1) is 15.7. The number of nitrogens with zero attached hydrogens (tertiary/aromatic N) is 3. The summed E-state index contributed by atoms with van der Waals surface area (Å²) >= 11 is 0. The summed E-state index contributed by atoms with van der Waals surface area (Å²) in [4.78, 5) is 19.1. The average Bonchev–Trinajstić information content (AvgIpc) is 2.84. The van der Waals surface area contributed by atoms with E-state index >= 15 is 0 Å². The highest BCUT2D eigenvalue weighted by atomic mass is 32.2. The van der Waals surface area contributed by atoms with Gasteiger partial charge in [0.05, 0.1) is 23.1 Å². The number of amides is 1. The maximum atomic E-state index is 13.5. The number of carbonyl (C=O) groups excluding carboxylic acids is 1. The molecular weight excluding hydrogens is 464 g/mol. The lowest BCUT2D eigenvalue weighted by Crippen LogP contribution is -2.52. The Hall–Kier alpha value is -2.34. The number of carbonyl (C=O) groups is 1. The van der Waals surface area contributed by atoms with Gasteiger partial charge in [-0.15, -0.1) is 0 Å². The van der Waals surface area contributed by atoms with Crippen LogP contribution >= 0.6 is 0 Å². The zero-order valence-electron chi connectivity index (χ0n) is 18.2. The third kappa shape index (κ3) is 5.26. The second kappa shape index (κ2) is 9.49. The first kappa shape index (κ1) is 23.8. The van der Waals surface area contributed by atoms with E-state index in [9.17, 15) is 21.6 Å². The molecule has 0 bridgehead atoms. The molecule has 2 saturated heterocycles. The highest BCUT2D eigenvalue weighted by Gasteiger charge is 2.40. The standard InChI is InChI=1S/C22H28N4O5S2/c23-14-20-7-4-8-21(24-20)33(30,31)26-15-18(17-5-2-1-3-6-17)13-19(16-26)22(27)25-9-11-32(28,29)12-10-25/h1-8,18-19H,9-16,23H2/t18-,19+/m1/s1. The number of piperidine rings is 1. The predicted octanol–water partition coefficient (Wildman–Crippen LogP) is 0.592. The average molecular weight is 493 g/mol. The van der Waals surface area contributed by atoms with Gasteiger partial charge in [-0.2, -0.15) is 4.31 Å². The van der Waals surface area contributed by atoms with Crippen LogP contribution < -0.4 is 5.73 Å². The molecule has 2 aromatic rings. The van der Waals surface area contributed by atoms with Gasteiger partial charge in [0.1, 0.15) is 0 Å². The van der Waals surface area contributed by atoms with Crippen molar-refractivity contribution in [3.8, 4) is 0 Å². The minimum absolute atomic E-state index is 0.0300. The van der Waals surface area contributed by atoms with Crippen LogP contribution in [0.2, 0.25) is 0 Å². The zero-order chi connectivity index (χ0) is 23.6. The van der Waals surface area contributed by atoms with E-state index in [0.717, 1.165) is 5.56 Å². The van der Waals surface area contributed by atoms with E-state index < -0.39 is 25.8 Å². The van der Waals surface area contributed by atoms with Crippen LogP contribution in [-0.4, -0.2) is 74.6 Å². The minimum atomic E-state index is -3.95. The quantitative estimate of drug-likeness (QED) is 0.646. The van der Waals surface area contributed by atoms with Gasteiger partial charge in [-0.05, 0) is 30.0 Å². The van der Waals surface area contributed by atoms with Crippen LogP contribution in [0.15, 0.2) is 53.6 Å². The molecule has 2 N–H and O–H groups in total. The highest BCUT2D eigenvalue weighted by Crippen LogP contribution is 2.34. The van der Waals surface area contributed by atoms with Gasteiger partial charge >= 0.3 is 0 Å². The molecule has 0 unspecified atom stereocenters.